The minimum atomic E-state index is -0.784. The molecule has 0 bridgehead atoms. The highest BCUT2D eigenvalue weighted by molar-refractivity contribution is 6.08. The highest BCUT2D eigenvalue weighted by Gasteiger charge is 2.53. The van der Waals surface area contributed by atoms with Gasteiger partial charge >= 0.3 is 0 Å². The lowest BCUT2D eigenvalue weighted by molar-refractivity contribution is -0.125. The van der Waals surface area contributed by atoms with E-state index in [1.165, 1.54) is 12.1 Å². The Labute approximate surface area is 165 Å². The molecule has 0 saturated heterocycles. The molecule has 4 rings (SSSR count). The van der Waals surface area contributed by atoms with Crippen LogP contribution >= 0.6 is 0 Å². The Morgan fingerprint density at radius 3 is 2.54 bits per heavy atom. The lowest BCUT2D eigenvalue weighted by atomic mass is 9.70. The summed E-state index contributed by atoms with van der Waals surface area (Å²) in [5, 5.41) is 14.0. The van der Waals surface area contributed by atoms with Gasteiger partial charge in [-0.15, -0.1) is 0 Å². The standard InChI is InChI=1S/C23H27FN2O2/c1-25-15-20(27)21(16-8-4-2-5-9-16)26-19-11-10-17(24)14-18(19)23(22(26)28)12-6-3-7-13-23/h2,4-5,8-11,14,20-21,25,27H,3,6-7,12-13,15H2,1H3. The van der Waals surface area contributed by atoms with Crippen LogP contribution in [0.5, 0.6) is 0 Å². The third-order valence-corrected chi connectivity index (χ3v) is 6.27. The van der Waals surface area contributed by atoms with E-state index in [1.54, 1.807) is 18.0 Å². The summed E-state index contributed by atoms with van der Waals surface area (Å²) in [6, 6.07) is 13.7. The van der Waals surface area contributed by atoms with Crippen molar-refractivity contribution in [3.63, 3.8) is 0 Å². The highest BCUT2D eigenvalue weighted by Crippen LogP contribution is 2.52. The lowest BCUT2D eigenvalue weighted by Crippen LogP contribution is -2.47. The Morgan fingerprint density at radius 1 is 1.14 bits per heavy atom. The van der Waals surface area contributed by atoms with E-state index in [-0.39, 0.29) is 11.7 Å². The third-order valence-electron chi connectivity index (χ3n) is 6.27. The first-order valence-corrected chi connectivity index (χ1v) is 10.1. The molecule has 1 aliphatic heterocycles. The van der Waals surface area contributed by atoms with Crippen LogP contribution in [-0.4, -0.2) is 30.7 Å². The molecule has 28 heavy (non-hydrogen) atoms. The number of anilines is 1. The Hall–Kier alpha value is -2.24. The van der Waals surface area contributed by atoms with Gasteiger partial charge in [0.25, 0.3) is 0 Å². The molecule has 1 spiro atoms. The summed E-state index contributed by atoms with van der Waals surface area (Å²) in [5.41, 5.74) is 1.73. The van der Waals surface area contributed by atoms with Gasteiger partial charge in [-0.3, -0.25) is 4.79 Å². The van der Waals surface area contributed by atoms with E-state index in [0.717, 1.165) is 48.9 Å². The lowest BCUT2D eigenvalue weighted by Gasteiger charge is -2.36. The van der Waals surface area contributed by atoms with E-state index in [9.17, 15) is 14.3 Å². The number of carbonyl (C=O) groups excluding carboxylic acids is 1. The normalized spacial score (nSPS) is 20.2. The van der Waals surface area contributed by atoms with Gasteiger partial charge in [-0.05, 0) is 49.2 Å². The Morgan fingerprint density at radius 2 is 1.86 bits per heavy atom. The zero-order valence-electron chi connectivity index (χ0n) is 16.2. The molecule has 148 valence electrons. The second-order valence-corrected chi connectivity index (χ2v) is 7.96. The second kappa shape index (κ2) is 7.64. The molecule has 1 saturated carbocycles. The summed E-state index contributed by atoms with van der Waals surface area (Å²) in [6.45, 7) is 0.354. The van der Waals surface area contributed by atoms with Gasteiger partial charge < -0.3 is 15.3 Å². The van der Waals surface area contributed by atoms with Crippen molar-refractivity contribution in [1.82, 2.24) is 5.32 Å². The Balaban J connectivity index is 1.86. The second-order valence-electron chi connectivity index (χ2n) is 7.96. The summed E-state index contributed by atoms with van der Waals surface area (Å²) in [4.78, 5) is 15.6. The van der Waals surface area contributed by atoms with Crippen LogP contribution in [0.25, 0.3) is 0 Å². The zero-order valence-corrected chi connectivity index (χ0v) is 16.2. The van der Waals surface area contributed by atoms with Gasteiger partial charge in [-0.2, -0.15) is 0 Å². The number of fused-ring (bicyclic) bond motifs is 2. The topological polar surface area (TPSA) is 52.6 Å². The number of carbonyl (C=O) groups is 1. The summed E-state index contributed by atoms with van der Waals surface area (Å²) >= 11 is 0. The molecule has 1 aliphatic carbocycles. The number of likely N-dealkylation sites (N-methyl/N-ethyl adjacent to an activating group) is 1. The van der Waals surface area contributed by atoms with Crippen molar-refractivity contribution < 1.29 is 14.3 Å². The number of aliphatic hydroxyl groups excluding tert-OH is 1. The minimum Gasteiger partial charge on any atom is -0.389 e. The van der Waals surface area contributed by atoms with Gasteiger partial charge in [-0.25, -0.2) is 4.39 Å². The molecule has 2 unspecified atom stereocenters. The van der Waals surface area contributed by atoms with Gasteiger partial charge in [0, 0.05) is 12.2 Å². The molecular weight excluding hydrogens is 355 g/mol. The molecule has 4 nitrogen and oxygen atoms in total. The Kier molecular flexibility index (Phi) is 5.21. The van der Waals surface area contributed by atoms with Gasteiger partial charge in [0.1, 0.15) is 5.82 Å². The monoisotopic (exact) mass is 382 g/mol. The first kappa shape index (κ1) is 19.1. The maximum Gasteiger partial charge on any atom is 0.238 e. The van der Waals surface area contributed by atoms with Gasteiger partial charge in [0.2, 0.25) is 5.91 Å². The maximum atomic E-state index is 14.2. The molecule has 2 atom stereocenters. The van der Waals surface area contributed by atoms with Crippen LogP contribution < -0.4 is 10.2 Å². The average Bonchev–Trinajstić information content (AvgIpc) is 2.93. The van der Waals surface area contributed by atoms with Crippen LogP contribution in [0.3, 0.4) is 0 Å². The van der Waals surface area contributed by atoms with Crippen LogP contribution in [0.1, 0.15) is 49.3 Å². The van der Waals surface area contributed by atoms with E-state index in [4.69, 9.17) is 0 Å². The number of nitrogens with zero attached hydrogens (tertiary/aromatic N) is 1. The number of nitrogens with one attached hydrogen (secondary N) is 1. The van der Waals surface area contributed by atoms with Crippen LogP contribution in [0.2, 0.25) is 0 Å². The summed E-state index contributed by atoms with van der Waals surface area (Å²) in [6.07, 6.45) is 3.72. The van der Waals surface area contributed by atoms with E-state index in [0.29, 0.717) is 6.54 Å². The van der Waals surface area contributed by atoms with E-state index < -0.39 is 17.6 Å². The van der Waals surface area contributed by atoms with Crippen molar-refractivity contribution in [1.29, 1.82) is 0 Å². The van der Waals surface area contributed by atoms with E-state index >= 15 is 0 Å². The van der Waals surface area contributed by atoms with E-state index in [2.05, 4.69) is 5.32 Å². The van der Waals surface area contributed by atoms with Crippen LogP contribution in [0.4, 0.5) is 10.1 Å². The van der Waals surface area contributed by atoms with Crippen LogP contribution in [0.15, 0.2) is 48.5 Å². The first-order valence-electron chi connectivity index (χ1n) is 10.1. The van der Waals surface area contributed by atoms with Gasteiger partial charge in [-0.1, -0.05) is 49.6 Å². The molecule has 5 heteroatoms. The molecular formula is C23H27FN2O2. The zero-order chi connectivity index (χ0) is 19.7. The maximum absolute atomic E-state index is 14.2. The molecule has 2 N–H and O–H groups in total. The van der Waals surface area contributed by atoms with E-state index in [1.807, 2.05) is 30.3 Å². The summed E-state index contributed by atoms with van der Waals surface area (Å²) in [5.74, 6) is -0.317. The number of rotatable bonds is 5. The van der Waals surface area contributed by atoms with Crippen molar-refractivity contribution in [3.8, 4) is 0 Å². The fraction of sp³-hybridized carbons (Fsp3) is 0.435. The van der Waals surface area contributed by atoms with Gasteiger partial charge in [0.15, 0.2) is 0 Å². The van der Waals surface area contributed by atoms with Crippen molar-refractivity contribution >= 4 is 11.6 Å². The Bertz CT molecular complexity index is 849. The minimum absolute atomic E-state index is 0.00296. The third kappa shape index (κ3) is 3.03. The molecule has 0 aromatic heterocycles. The fourth-order valence-electron chi connectivity index (χ4n) is 4.99. The molecule has 0 radical (unpaired) electrons. The number of amides is 1. The average molecular weight is 382 g/mol. The number of halogens is 1. The number of hydrogen-bond acceptors (Lipinski definition) is 3. The van der Waals surface area contributed by atoms with Crippen molar-refractivity contribution in [2.75, 3.05) is 18.5 Å². The van der Waals surface area contributed by atoms with Crippen LogP contribution in [-0.2, 0) is 10.2 Å². The van der Waals surface area contributed by atoms with Crippen molar-refractivity contribution in [2.24, 2.45) is 0 Å². The SMILES string of the molecule is CNCC(O)C(c1ccccc1)N1C(=O)C2(CCCCC2)c2cc(F)ccc21. The number of benzene rings is 2. The van der Waals surface area contributed by atoms with Crippen molar-refractivity contribution in [3.05, 3.63) is 65.5 Å². The molecule has 2 aromatic rings. The molecule has 1 amide bonds. The molecule has 2 aromatic carbocycles. The predicted octanol–water partition coefficient (Wildman–Crippen LogP) is 3.70. The summed E-state index contributed by atoms with van der Waals surface area (Å²) in [7, 11) is 1.78. The van der Waals surface area contributed by atoms with Gasteiger partial charge in [0.05, 0.1) is 17.6 Å². The van der Waals surface area contributed by atoms with Crippen LogP contribution in [0, 0.1) is 5.82 Å². The number of aliphatic hydroxyl groups is 1. The predicted molar refractivity (Wildman–Crippen MR) is 108 cm³/mol. The molecule has 1 fully saturated rings. The quantitative estimate of drug-likeness (QED) is 0.829. The molecule has 1 heterocycles. The highest BCUT2D eigenvalue weighted by atomic mass is 19.1. The summed E-state index contributed by atoms with van der Waals surface area (Å²) < 4.78 is 14.2. The first-order chi connectivity index (χ1) is 13.6. The smallest absolute Gasteiger partial charge is 0.238 e. The largest absolute Gasteiger partial charge is 0.389 e. The fourth-order valence-corrected chi connectivity index (χ4v) is 4.99. The molecule has 2 aliphatic rings. The van der Waals surface area contributed by atoms with Crippen molar-refractivity contribution in [2.45, 2.75) is 49.7 Å². The number of hydrogen-bond donors (Lipinski definition) is 2.